The second kappa shape index (κ2) is 8.78. The number of likely N-dealkylation sites (tertiary alicyclic amines) is 1. The summed E-state index contributed by atoms with van der Waals surface area (Å²) < 4.78 is 11.1. The van der Waals surface area contributed by atoms with Crippen molar-refractivity contribution in [2.45, 2.75) is 46.2 Å². The lowest BCUT2D eigenvalue weighted by atomic mass is 10.2. The van der Waals surface area contributed by atoms with Gasteiger partial charge in [0.1, 0.15) is 11.5 Å². The van der Waals surface area contributed by atoms with Gasteiger partial charge in [-0.2, -0.15) is 0 Å². The predicted molar refractivity (Wildman–Crippen MR) is 96.0 cm³/mol. The van der Waals surface area contributed by atoms with Crippen molar-refractivity contribution in [2.75, 3.05) is 31.6 Å². The average molecular weight is 335 g/mol. The molecule has 2 amide bonds. The Morgan fingerprint density at radius 2 is 2.04 bits per heavy atom. The number of nitrogens with zero attached hydrogens (tertiary/aromatic N) is 1. The third-order valence-corrected chi connectivity index (χ3v) is 4.10. The quantitative estimate of drug-likeness (QED) is 0.804. The van der Waals surface area contributed by atoms with E-state index in [1.165, 1.54) is 0 Å². The summed E-state index contributed by atoms with van der Waals surface area (Å²) in [5, 5.41) is 5.94. The van der Waals surface area contributed by atoms with Crippen LogP contribution in [0, 0.1) is 0 Å². The van der Waals surface area contributed by atoms with E-state index in [0.717, 1.165) is 19.5 Å². The van der Waals surface area contributed by atoms with Gasteiger partial charge < -0.3 is 20.1 Å². The molecule has 0 aliphatic carbocycles. The summed E-state index contributed by atoms with van der Waals surface area (Å²) in [6, 6.07) is 5.93. The lowest BCUT2D eigenvalue weighted by molar-refractivity contribution is 0.243. The highest BCUT2D eigenvalue weighted by Crippen LogP contribution is 2.29. The zero-order valence-electron chi connectivity index (χ0n) is 15.1. The zero-order valence-corrected chi connectivity index (χ0v) is 15.1. The molecule has 1 fully saturated rings. The van der Waals surface area contributed by atoms with E-state index in [-0.39, 0.29) is 12.1 Å². The van der Waals surface area contributed by atoms with Crippen LogP contribution in [0.15, 0.2) is 18.2 Å². The molecule has 0 saturated carbocycles. The van der Waals surface area contributed by atoms with Gasteiger partial charge in [0, 0.05) is 31.2 Å². The molecule has 134 valence electrons. The number of carbonyl (C=O) groups excluding carboxylic acids is 1. The van der Waals surface area contributed by atoms with Crippen molar-refractivity contribution in [2.24, 2.45) is 0 Å². The summed E-state index contributed by atoms with van der Waals surface area (Å²) >= 11 is 0. The second-order valence-electron chi connectivity index (χ2n) is 6.20. The fourth-order valence-corrected chi connectivity index (χ4v) is 2.86. The van der Waals surface area contributed by atoms with Crippen LogP contribution in [-0.2, 0) is 0 Å². The predicted octanol–water partition coefficient (Wildman–Crippen LogP) is 3.09. The summed E-state index contributed by atoms with van der Waals surface area (Å²) in [7, 11) is 0. The molecule has 1 atom stereocenters. The van der Waals surface area contributed by atoms with Gasteiger partial charge in [-0.15, -0.1) is 0 Å². The van der Waals surface area contributed by atoms with Gasteiger partial charge in [0.2, 0.25) is 0 Å². The average Bonchev–Trinajstić information content (AvgIpc) is 2.99. The highest BCUT2D eigenvalue weighted by molar-refractivity contribution is 5.91. The van der Waals surface area contributed by atoms with Crippen LogP contribution in [0.25, 0.3) is 0 Å². The lowest BCUT2D eigenvalue weighted by Gasteiger charge is -2.20. The van der Waals surface area contributed by atoms with Crippen LogP contribution < -0.4 is 20.1 Å². The van der Waals surface area contributed by atoms with E-state index in [9.17, 15) is 4.79 Å². The molecule has 1 heterocycles. The van der Waals surface area contributed by atoms with Gasteiger partial charge in [-0.1, -0.05) is 0 Å². The minimum absolute atomic E-state index is 0.179. The van der Waals surface area contributed by atoms with Gasteiger partial charge in [-0.25, -0.2) is 4.79 Å². The minimum Gasteiger partial charge on any atom is -0.494 e. The van der Waals surface area contributed by atoms with Crippen LogP contribution in [0.5, 0.6) is 11.5 Å². The van der Waals surface area contributed by atoms with Crippen LogP contribution >= 0.6 is 0 Å². The lowest BCUT2D eigenvalue weighted by Crippen LogP contribution is -2.40. The van der Waals surface area contributed by atoms with Crippen LogP contribution in [0.3, 0.4) is 0 Å². The molecule has 2 N–H and O–H groups in total. The van der Waals surface area contributed by atoms with Gasteiger partial charge in [0.05, 0.1) is 18.9 Å². The second-order valence-corrected chi connectivity index (χ2v) is 6.20. The van der Waals surface area contributed by atoms with Gasteiger partial charge in [-0.05, 0) is 46.2 Å². The smallest absolute Gasteiger partial charge is 0.319 e. The number of rotatable bonds is 7. The number of hydrogen-bond acceptors (Lipinski definition) is 4. The maximum Gasteiger partial charge on any atom is 0.319 e. The van der Waals surface area contributed by atoms with Gasteiger partial charge >= 0.3 is 6.03 Å². The first-order valence-corrected chi connectivity index (χ1v) is 8.74. The van der Waals surface area contributed by atoms with Crippen molar-refractivity contribution in [1.82, 2.24) is 10.2 Å². The molecule has 1 unspecified atom stereocenters. The highest BCUT2D eigenvalue weighted by Gasteiger charge is 2.25. The van der Waals surface area contributed by atoms with E-state index >= 15 is 0 Å². The first kappa shape index (κ1) is 18.4. The Labute approximate surface area is 144 Å². The number of nitrogens with one attached hydrogen (secondary N) is 2. The van der Waals surface area contributed by atoms with Crippen molar-refractivity contribution >= 4 is 11.7 Å². The molecular weight excluding hydrogens is 306 g/mol. The molecule has 0 spiro atoms. The molecule has 1 aromatic carbocycles. The Hall–Kier alpha value is -1.95. The summed E-state index contributed by atoms with van der Waals surface area (Å²) in [5.74, 6) is 1.36. The number of carbonyl (C=O) groups is 1. The van der Waals surface area contributed by atoms with Crippen molar-refractivity contribution in [3.63, 3.8) is 0 Å². The van der Waals surface area contributed by atoms with Crippen LogP contribution in [0.2, 0.25) is 0 Å². The molecule has 0 bridgehead atoms. The number of ether oxygens (including phenoxy) is 2. The van der Waals surface area contributed by atoms with E-state index in [1.807, 2.05) is 26.0 Å². The maximum absolute atomic E-state index is 12.3. The van der Waals surface area contributed by atoms with Crippen molar-refractivity contribution in [1.29, 1.82) is 0 Å². The van der Waals surface area contributed by atoms with Crippen molar-refractivity contribution < 1.29 is 14.3 Å². The Bertz CT molecular complexity index is 548. The molecule has 24 heavy (non-hydrogen) atoms. The number of hydrogen-bond donors (Lipinski definition) is 2. The summed E-state index contributed by atoms with van der Waals surface area (Å²) in [4.78, 5) is 14.7. The summed E-state index contributed by atoms with van der Waals surface area (Å²) in [6.45, 7) is 11.2. The molecular formula is C18H29N3O3. The Morgan fingerprint density at radius 3 is 2.67 bits per heavy atom. The fraction of sp³-hybridized carbons (Fsp3) is 0.611. The normalized spacial score (nSPS) is 17.8. The largest absolute Gasteiger partial charge is 0.494 e. The maximum atomic E-state index is 12.3. The standard InChI is InChI=1S/C18H29N3O3/c1-5-23-15-7-8-17(24-6-2)16(11-15)20-18(22)19-14-9-10-21(12-14)13(3)4/h7-8,11,13-14H,5-6,9-10,12H2,1-4H3,(H2,19,20,22). The van der Waals surface area contributed by atoms with E-state index in [2.05, 4.69) is 29.4 Å². The minimum atomic E-state index is -0.208. The zero-order chi connectivity index (χ0) is 17.5. The first-order valence-electron chi connectivity index (χ1n) is 8.74. The molecule has 1 aliphatic heterocycles. The molecule has 6 nitrogen and oxygen atoms in total. The monoisotopic (exact) mass is 335 g/mol. The molecule has 1 aromatic rings. The summed E-state index contributed by atoms with van der Waals surface area (Å²) in [6.07, 6.45) is 0.975. The van der Waals surface area contributed by atoms with E-state index in [4.69, 9.17) is 9.47 Å². The highest BCUT2D eigenvalue weighted by atomic mass is 16.5. The Balaban J connectivity index is 1.98. The Morgan fingerprint density at radius 1 is 1.29 bits per heavy atom. The Kier molecular flexibility index (Phi) is 6.73. The number of amides is 2. The number of urea groups is 1. The van der Waals surface area contributed by atoms with Crippen LogP contribution in [-0.4, -0.2) is 49.3 Å². The molecule has 1 saturated heterocycles. The van der Waals surface area contributed by atoms with Gasteiger partial charge in [0.25, 0.3) is 0 Å². The third kappa shape index (κ3) is 5.03. The van der Waals surface area contributed by atoms with Gasteiger partial charge in [0.15, 0.2) is 0 Å². The number of anilines is 1. The molecule has 1 aliphatic rings. The number of benzene rings is 1. The van der Waals surface area contributed by atoms with Gasteiger partial charge in [-0.3, -0.25) is 4.90 Å². The fourth-order valence-electron chi connectivity index (χ4n) is 2.86. The molecule has 2 rings (SSSR count). The molecule has 6 heteroatoms. The third-order valence-electron chi connectivity index (χ3n) is 4.10. The topological polar surface area (TPSA) is 62.8 Å². The molecule has 0 aromatic heterocycles. The van der Waals surface area contributed by atoms with E-state index < -0.39 is 0 Å². The first-order chi connectivity index (χ1) is 11.5. The van der Waals surface area contributed by atoms with E-state index in [1.54, 1.807) is 6.07 Å². The van der Waals surface area contributed by atoms with E-state index in [0.29, 0.717) is 36.4 Å². The van der Waals surface area contributed by atoms with Crippen molar-refractivity contribution in [3.8, 4) is 11.5 Å². The van der Waals surface area contributed by atoms with Crippen LogP contribution in [0.1, 0.15) is 34.1 Å². The molecule has 0 radical (unpaired) electrons. The van der Waals surface area contributed by atoms with Crippen molar-refractivity contribution in [3.05, 3.63) is 18.2 Å². The van der Waals surface area contributed by atoms with Crippen LogP contribution in [0.4, 0.5) is 10.5 Å². The SMILES string of the molecule is CCOc1ccc(OCC)c(NC(=O)NC2CCN(C(C)C)C2)c1. The summed E-state index contributed by atoms with van der Waals surface area (Å²) in [5.41, 5.74) is 0.624.